The van der Waals surface area contributed by atoms with E-state index >= 15 is 0 Å². The van der Waals surface area contributed by atoms with E-state index in [2.05, 4.69) is 10.6 Å². The van der Waals surface area contributed by atoms with Crippen LogP contribution in [0, 0.1) is 11.6 Å². The van der Waals surface area contributed by atoms with E-state index in [-0.39, 0.29) is 24.4 Å². The summed E-state index contributed by atoms with van der Waals surface area (Å²) in [5, 5.41) is 15.2. The zero-order chi connectivity index (χ0) is 22.9. The van der Waals surface area contributed by atoms with Crippen LogP contribution in [0.1, 0.15) is 21.5 Å². The van der Waals surface area contributed by atoms with E-state index in [0.717, 1.165) is 11.1 Å². The second kappa shape index (κ2) is 11.2. The number of halogens is 2. The van der Waals surface area contributed by atoms with Gasteiger partial charge in [0.2, 0.25) is 5.91 Å². The molecule has 2 atom stereocenters. The predicted molar refractivity (Wildman–Crippen MR) is 117 cm³/mol. The first kappa shape index (κ1) is 23.1. The van der Waals surface area contributed by atoms with Crippen molar-refractivity contribution < 1.29 is 23.5 Å². The topological polar surface area (TPSA) is 78.4 Å². The van der Waals surface area contributed by atoms with Crippen molar-refractivity contribution >= 4 is 11.8 Å². The fraction of sp³-hybridized carbons (Fsp3) is 0.200. The monoisotopic (exact) mass is 438 g/mol. The number of nitrogens with one attached hydrogen (secondary N) is 2. The van der Waals surface area contributed by atoms with E-state index < -0.39 is 29.7 Å². The van der Waals surface area contributed by atoms with E-state index in [1.807, 2.05) is 30.3 Å². The summed E-state index contributed by atoms with van der Waals surface area (Å²) in [4.78, 5) is 25.7. The molecule has 0 aliphatic heterocycles. The SMILES string of the molecule is O=C(N[C@@H](Cc1ccccc1)C(=O)N[C@H](CO)Cc1ccc(F)cc1)c1ccc(F)cc1. The van der Waals surface area contributed by atoms with E-state index in [1.165, 1.54) is 36.4 Å². The molecule has 0 saturated carbocycles. The molecule has 166 valence electrons. The van der Waals surface area contributed by atoms with Gasteiger partial charge in [0, 0.05) is 12.0 Å². The lowest BCUT2D eigenvalue weighted by atomic mass is 10.0. The van der Waals surface area contributed by atoms with Gasteiger partial charge in [0.25, 0.3) is 5.91 Å². The van der Waals surface area contributed by atoms with Crippen molar-refractivity contribution in [1.29, 1.82) is 0 Å². The fourth-order valence-corrected chi connectivity index (χ4v) is 3.27. The standard InChI is InChI=1S/C25H24F2N2O3/c26-20-10-6-18(7-11-20)14-22(16-30)28-25(32)23(15-17-4-2-1-3-5-17)29-24(31)19-8-12-21(27)13-9-19/h1-13,22-23,30H,14-16H2,(H,28,32)(H,29,31)/t22-,23-/m0/s1. The molecule has 0 aliphatic rings. The summed E-state index contributed by atoms with van der Waals surface area (Å²) in [5.74, 6) is -1.82. The van der Waals surface area contributed by atoms with Crippen LogP contribution in [0.25, 0.3) is 0 Å². The molecule has 0 radical (unpaired) electrons. The third kappa shape index (κ3) is 6.72. The number of hydrogen-bond donors (Lipinski definition) is 3. The number of carbonyl (C=O) groups excluding carboxylic acids is 2. The maximum Gasteiger partial charge on any atom is 0.251 e. The maximum atomic E-state index is 13.2. The third-order valence-electron chi connectivity index (χ3n) is 4.97. The second-order valence-corrected chi connectivity index (χ2v) is 7.44. The number of hydrogen-bond acceptors (Lipinski definition) is 3. The minimum atomic E-state index is -0.919. The first-order valence-corrected chi connectivity index (χ1v) is 10.2. The van der Waals surface area contributed by atoms with Crippen molar-refractivity contribution in [2.75, 3.05) is 6.61 Å². The van der Waals surface area contributed by atoms with Crippen molar-refractivity contribution in [3.63, 3.8) is 0 Å². The lowest BCUT2D eigenvalue weighted by Crippen LogP contribution is -2.52. The fourth-order valence-electron chi connectivity index (χ4n) is 3.27. The van der Waals surface area contributed by atoms with Crippen molar-refractivity contribution in [2.24, 2.45) is 0 Å². The molecule has 0 fully saturated rings. The van der Waals surface area contributed by atoms with E-state index in [0.29, 0.717) is 6.42 Å². The minimum Gasteiger partial charge on any atom is -0.394 e. The smallest absolute Gasteiger partial charge is 0.251 e. The molecule has 3 rings (SSSR count). The number of carbonyl (C=O) groups is 2. The van der Waals surface area contributed by atoms with Gasteiger partial charge in [-0.3, -0.25) is 9.59 Å². The first-order valence-electron chi connectivity index (χ1n) is 10.2. The lowest BCUT2D eigenvalue weighted by molar-refractivity contribution is -0.124. The summed E-state index contributed by atoms with van der Waals surface area (Å²) < 4.78 is 26.3. The number of aliphatic hydroxyl groups excluding tert-OH is 1. The van der Waals surface area contributed by atoms with Crippen LogP contribution in [-0.2, 0) is 17.6 Å². The van der Waals surface area contributed by atoms with Gasteiger partial charge >= 0.3 is 0 Å². The Morgan fingerprint density at radius 2 is 1.31 bits per heavy atom. The van der Waals surface area contributed by atoms with Crippen LogP contribution in [-0.4, -0.2) is 35.6 Å². The molecule has 0 heterocycles. The molecule has 3 aromatic rings. The molecule has 5 nitrogen and oxygen atoms in total. The van der Waals surface area contributed by atoms with Crippen LogP contribution >= 0.6 is 0 Å². The zero-order valence-electron chi connectivity index (χ0n) is 17.3. The minimum absolute atomic E-state index is 0.224. The molecular formula is C25H24F2N2O3. The zero-order valence-corrected chi connectivity index (χ0v) is 17.3. The van der Waals surface area contributed by atoms with Gasteiger partial charge < -0.3 is 15.7 Å². The second-order valence-electron chi connectivity index (χ2n) is 7.44. The lowest BCUT2D eigenvalue weighted by Gasteiger charge is -2.23. The van der Waals surface area contributed by atoms with Gasteiger partial charge in [-0.25, -0.2) is 8.78 Å². The molecule has 0 bridgehead atoms. The average Bonchev–Trinajstić information content (AvgIpc) is 2.80. The van der Waals surface area contributed by atoms with Crippen LogP contribution in [0.5, 0.6) is 0 Å². The highest BCUT2D eigenvalue weighted by molar-refractivity contribution is 5.97. The number of benzene rings is 3. The van der Waals surface area contributed by atoms with Gasteiger partial charge in [0.05, 0.1) is 12.6 Å². The molecular weight excluding hydrogens is 414 g/mol. The molecule has 0 spiro atoms. The molecule has 0 unspecified atom stereocenters. The van der Waals surface area contributed by atoms with Gasteiger partial charge in [0.1, 0.15) is 17.7 Å². The quantitative estimate of drug-likeness (QED) is 0.481. The molecule has 0 aliphatic carbocycles. The number of aliphatic hydroxyl groups is 1. The molecule has 7 heteroatoms. The van der Waals surface area contributed by atoms with Gasteiger partial charge in [-0.2, -0.15) is 0 Å². The predicted octanol–water partition coefficient (Wildman–Crippen LogP) is 3.03. The van der Waals surface area contributed by atoms with Crippen LogP contribution in [0.4, 0.5) is 8.78 Å². The van der Waals surface area contributed by atoms with E-state index in [9.17, 15) is 23.5 Å². The van der Waals surface area contributed by atoms with E-state index in [1.54, 1.807) is 12.1 Å². The molecule has 3 N–H and O–H groups in total. The van der Waals surface area contributed by atoms with Gasteiger partial charge in [-0.1, -0.05) is 42.5 Å². The molecule has 0 saturated heterocycles. The van der Waals surface area contributed by atoms with Crippen LogP contribution in [0.3, 0.4) is 0 Å². The van der Waals surface area contributed by atoms with Gasteiger partial charge in [0.15, 0.2) is 0 Å². The highest BCUT2D eigenvalue weighted by Crippen LogP contribution is 2.09. The Kier molecular flexibility index (Phi) is 8.05. The summed E-state index contributed by atoms with van der Waals surface area (Å²) in [5.41, 5.74) is 1.81. The Labute approximate surface area is 185 Å². The van der Waals surface area contributed by atoms with E-state index in [4.69, 9.17) is 0 Å². The number of rotatable bonds is 9. The Hall–Kier alpha value is -3.58. The number of amides is 2. The normalized spacial score (nSPS) is 12.6. The molecule has 0 aromatic heterocycles. The van der Waals surface area contributed by atoms with Crippen molar-refractivity contribution in [3.8, 4) is 0 Å². The Morgan fingerprint density at radius 3 is 1.91 bits per heavy atom. The van der Waals surface area contributed by atoms with Crippen molar-refractivity contribution in [1.82, 2.24) is 10.6 Å². The summed E-state index contributed by atoms with van der Waals surface area (Å²) in [6.45, 7) is -0.326. The van der Waals surface area contributed by atoms with Gasteiger partial charge in [-0.15, -0.1) is 0 Å². The Balaban J connectivity index is 1.73. The summed E-state index contributed by atoms with van der Waals surface area (Å²) >= 11 is 0. The van der Waals surface area contributed by atoms with Crippen molar-refractivity contribution in [3.05, 3.63) is 107 Å². The Bertz CT molecular complexity index is 1030. The third-order valence-corrected chi connectivity index (χ3v) is 4.97. The largest absolute Gasteiger partial charge is 0.394 e. The van der Waals surface area contributed by atoms with Crippen molar-refractivity contribution in [2.45, 2.75) is 24.9 Å². The highest BCUT2D eigenvalue weighted by atomic mass is 19.1. The summed E-state index contributed by atoms with van der Waals surface area (Å²) in [7, 11) is 0. The average molecular weight is 438 g/mol. The van der Waals surface area contributed by atoms with Crippen LogP contribution < -0.4 is 10.6 Å². The summed E-state index contributed by atoms with van der Waals surface area (Å²) in [6, 6.07) is 18.5. The Morgan fingerprint density at radius 1 is 0.750 bits per heavy atom. The molecule has 2 amide bonds. The maximum absolute atomic E-state index is 13.2. The highest BCUT2D eigenvalue weighted by Gasteiger charge is 2.24. The van der Waals surface area contributed by atoms with Crippen LogP contribution in [0.15, 0.2) is 78.9 Å². The van der Waals surface area contributed by atoms with Gasteiger partial charge in [-0.05, 0) is 53.9 Å². The molecule has 3 aromatic carbocycles. The van der Waals surface area contributed by atoms with Crippen LogP contribution in [0.2, 0.25) is 0 Å². The first-order chi connectivity index (χ1) is 15.4. The molecule has 32 heavy (non-hydrogen) atoms. The summed E-state index contributed by atoms with van der Waals surface area (Å²) in [6.07, 6.45) is 0.529.